The summed E-state index contributed by atoms with van der Waals surface area (Å²) in [6, 6.07) is 0. The number of dihydropyridines is 1. The molecule has 0 amide bonds. The molecular weight excluding hydrogens is 205 g/mol. The number of rotatable bonds is 3. The Morgan fingerprint density at radius 3 is 2.87 bits per heavy atom. The van der Waals surface area contributed by atoms with Gasteiger partial charge in [0.2, 0.25) is 6.86 Å². The Kier molecular flexibility index (Phi) is 3.43. The van der Waals surface area contributed by atoms with E-state index in [1.807, 2.05) is 0 Å². The highest BCUT2D eigenvalue weighted by Crippen LogP contribution is 2.19. The van der Waals surface area contributed by atoms with Crippen LogP contribution in [0.2, 0.25) is 0 Å². The first kappa shape index (κ1) is 11.2. The van der Waals surface area contributed by atoms with Gasteiger partial charge in [-0.15, -0.1) is 0 Å². The molecule has 1 aliphatic heterocycles. The van der Waals surface area contributed by atoms with Crippen molar-refractivity contribution in [1.29, 1.82) is 0 Å². The minimum absolute atomic E-state index is 0.0625. The number of ether oxygens (including phenoxy) is 1. The quantitative estimate of drug-likeness (QED) is 0.677. The third-order valence-electron chi connectivity index (χ3n) is 1.99. The Labute approximate surface area is 85.2 Å². The van der Waals surface area contributed by atoms with Crippen LogP contribution in [0, 0.1) is 0 Å². The minimum Gasteiger partial charge on any atom is -0.478 e. The molecule has 6 heteroatoms. The van der Waals surface area contributed by atoms with Crippen molar-refractivity contribution in [3.05, 3.63) is 23.0 Å². The Hall–Kier alpha value is -1.85. The molecule has 0 aromatic heterocycles. The second kappa shape index (κ2) is 4.59. The second-order valence-electron chi connectivity index (χ2n) is 2.94. The first-order valence-corrected chi connectivity index (χ1v) is 4.18. The monoisotopic (exact) mass is 215 g/mol. The van der Waals surface area contributed by atoms with E-state index < -0.39 is 18.8 Å². The molecule has 2 N–H and O–H groups in total. The molecule has 0 saturated carbocycles. The van der Waals surface area contributed by atoms with Crippen molar-refractivity contribution in [3.8, 4) is 0 Å². The average Bonchev–Trinajstić information content (AvgIpc) is 2.18. The van der Waals surface area contributed by atoms with Gasteiger partial charge in [-0.3, -0.25) is 0 Å². The van der Waals surface area contributed by atoms with Crippen molar-refractivity contribution < 1.29 is 23.8 Å². The SMILES string of the molecule is CC1=C(C(=O)O)CC(C(=O)OCF)=CN1. The zero-order chi connectivity index (χ0) is 11.4. The van der Waals surface area contributed by atoms with Gasteiger partial charge >= 0.3 is 11.9 Å². The van der Waals surface area contributed by atoms with E-state index in [0.717, 1.165) is 0 Å². The lowest BCUT2D eigenvalue weighted by molar-refractivity contribution is -0.143. The van der Waals surface area contributed by atoms with Crippen molar-refractivity contribution in [2.75, 3.05) is 6.86 Å². The van der Waals surface area contributed by atoms with Gasteiger partial charge in [-0.2, -0.15) is 0 Å². The van der Waals surface area contributed by atoms with Crippen molar-refractivity contribution in [1.82, 2.24) is 5.32 Å². The molecule has 5 nitrogen and oxygen atoms in total. The summed E-state index contributed by atoms with van der Waals surface area (Å²) >= 11 is 0. The molecule has 0 atom stereocenters. The molecule has 0 aromatic rings. The van der Waals surface area contributed by atoms with Gasteiger partial charge in [-0.05, 0) is 6.92 Å². The van der Waals surface area contributed by atoms with Crippen LogP contribution in [0.15, 0.2) is 23.0 Å². The number of alkyl halides is 1. The summed E-state index contributed by atoms with van der Waals surface area (Å²) in [4.78, 5) is 21.8. The van der Waals surface area contributed by atoms with E-state index in [-0.39, 0.29) is 17.6 Å². The van der Waals surface area contributed by atoms with E-state index in [2.05, 4.69) is 10.1 Å². The van der Waals surface area contributed by atoms with E-state index in [4.69, 9.17) is 5.11 Å². The largest absolute Gasteiger partial charge is 0.478 e. The highest BCUT2D eigenvalue weighted by atomic mass is 19.1. The van der Waals surface area contributed by atoms with Gasteiger partial charge in [0.05, 0.1) is 11.1 Å². The van der Waals surface area contributed by atoms with Gasteiger partial charge in [-0.1, -0.05) is 0 Å². The van der Waals surface area contributed by atoms with Gasteiger partial charge in [-0.25, -0.2) is 14.0 Å². The molecule has 0 aliphatic carbocycles. The normalized spacial score (nSPS) is 15.5. The molecule has 1 heterocycles. The van der Waals surface area contributed by atoms with E-state index in [1.54, 1.807) is 6.92 Å². The fourth-order valence-electron chi connectivity index (χ4n) is 1.17. The van der Waals surface area contributed by atoms with Crippen LogP contribution in [-0.4, -0.2) is 23.9 Å². The standard InChI is InChI=1S/C9H10FNO4/c1-5-7(8(12)13)2-6(3-11-5)9(14)15-4-10/h3,11H,2,4H2,1H3,(H,12,13). The van der Waals surface area contributed by atoms with Crippen LogP contribution < -0.4 is 5.32 Å². The van der Waals surface area contributed by atoms with E-state index in [0.29, 0.717) is 5.70 Å². The number of hydrogen-bond donors (Lipinski definition) is 2. The third-order valence-corrected chi connectivity index (χ3v) is 1.99. The number of halogens is 1. The molecule has 0 saturated heterocycles. The van der Waals surface area contributed by atoms with Crippen molar-refractivity contribution in [2.24, 2.45) is 0 Å². The van der Waals surface area contributed by atoms with Gasteiger partial charge in [0.1, 0.15) is 0 Å². The summed E-state index contributed by atoms with van der Waals surface area (Å²) in [6.45, 7) is 0.360. The first-order chi connectivity index (χ1) is 7.06. The predicted octanol–water partition coefficient (Wildman–Crippen LogP) is 0.692. The molecule has 1 aliphatic rings. The van der Waals surface area contributed by atoms with E-state index in [1.165, 1.54) is 6.20 Å². The molecule has 82 valence electrons. The van der Waals surface area contributed by atoms with E-state index >= 15 is 0 Å². The number of hydrogen-bond acceptors (Lipinski definition) is 4. The zero-order valence-corrected chi connectivity index (χ0v) is 8.04. The maximum atomic E-state index is 11.7. The Morgan fingerprint density at radius 2 is 2.33 bits per heavy atom. The molecule has 1 rings (SSSR count). The maximum absolute atomic E-state index is 11.7. The van der Waals surface area contributed by atoms with Crippen LogP contribution in [0.4, 0.5) is 4.39 Å². The summed E-state index contributed by atoms with van der Waals surface area (Å²) in [7, 11) is 0. The zero-order valence-electron chi connectivity index (χ0n) is 8.04. The summed E-state index contributed by atoms with van der Waals surface area (Å²) in [5.74, 6) is -1.96. The number of carboxylic acids is 1. The predicted molar refractivity (Wildman–Crippen MR) is 48.2 cm³/mol. The lowest BCUT2D eigenvalue weighted by Crippen LogP contribution is -2.21. The van der Waals surface area contributed by atoms with Crippen molar-refractivity contribution >= 4 is 11.9 Å². The Morgan fingerprint density at radius 1 is 1.67 bits per heavy atom. The minimum atomic E-state index is -1.22. The number of carboxylic acid groups (broad SMARTS) is 1. The van der Waals surface area contributed by atoms with Gasteiger partial charge in [0.15, 0.2) is 0 Å². The van der Waals surface area contributed by atoms with Gasteiger partial charge in [0, 0.05) is 18.3 Å². The highest BCUT2D eigenvalue weighted by molar-refractivity contribution is 5.95. The summed E-state index contributed by atoms with van der Waals surface area (Å²) in [6.07, 6.45) is 1.26. The molecule has 0 fully saturated rings. The molecule has 15 heavy (non-hydrogen) atoms. The lowest BCUT2D eigenvalue weighted by atomic mass is 10.0. The van der Waals surface area contributed by atoms with Crippen LogP contribution >= 0.6 is 0 Å². The van der Waals surface area contributed by atoms with Crippen molar-refractivity contribution in [2.45, 2.75) is 13.3 Å². The van der Waals surface area contributed by atoms with Crippen LogP contribution in [0.25, 0.3) is 0 Å². The lowest BCUT2D eigenvalue weighted by Gasteiger charge is -2.15. The molecule has 0 aromatic carbocycles. The number of esters is 1. The van der Waals surface area contributed by atoms with Crippen LogP contribution in [0.5, 0.6) is 0 Å². The van der Waals surface area contributed by atoms with Gasteiger partial charge in [0.25, 0.3) is 0 Å². The number of carbonyl (C=O) groups is 2. The molecule has 0 bridgehead atoms. The second-order valence-corrected chi connectivity index (χ2v) is 2.94. The first-order valence-electron chi connectivity index (χ1n) is 4.18. The Bertz CT molecular complexity index is 359. The van der Waals surface area contributed by atoms with Crippen LogP contribution in [0.3, 0.4) is 0 Å². The average molecular weight is 215 g/mol. The van der Waals surface area contributed by atoms with E-state index in [9.17, 15) is 14.0 Å². The van der Waals surface area contributed by atoms with Crippen molar-refractivity contribution in [3.63, 3.8) is 0 Å². The fraction of sp³-hybridized carbons (Fsp3) is 0.333. The number of aliphatic carboxylic acids is 1. The van der Waals surface area contributed by atoms with Crippen LogP contribution in [-0.2, 0) is 14.3 Å². The number of nitrogens with one attached hydrogen (secondary N) is 1. The topological polar surface area (TPSA) is 75.6 Å². The van der Waals surface area contributed by atoms with Crippen LogP contribution in [0.1, 0.15) is 13.3 Å². The Balaban J connectivity index is 2.76. The number of carbonyl (C=O) groups excluding carboxylic acids is 1. The summed E-state index contributed by atoms with van der Waals surface area (Å²) < 4.78 is 15.8. The van der Waals surface area contributed by atoms with Gasteiger partial charge < -0.3 is 15.2 Å². The maximum Gasteiger partial charge on any atom is 0.338 e. The third kappa shape index (κ3) is 2.55. The smallest absolute Gasteiger partial charge is 0.338 e. The fourth-order valence-corrected chi connectivity index (χ4v) is 1.17. The molecular formula is C9H10FNO4. The number of allylic oxidation sites excluding steroid dienone is 1. The molecule has 0 unspecified atom stereocenters. The molecule has 0 radical (unpaired) electrons. The summed E-state index contributed by atoms with van der Waals surface area (Å²) in [5, 5.41) is 11.4. The highest BCUT2D eigenvalue weighted by Gasteiger charge is 2.22. The summed E-state index contributed by atoms with van der Waals surface area (Å²) in [5.41, 5.74) is 0.623. The molecule has 0 spiro atoms.